The molecule has 1 saturated heterocycles. The van der Waals surface area contributed by atoms with E-state index < -0.39 is 5.41 Å². The molecule has 0 spiro atoms. The summed E-state index contributed by atoms with van der Waals surface area (Å²) < 4.78 is 5.72. The highest BCUT2D eigenvalue weighted by Gasteiger charge is 2.42. The second kappa shape index (κ2) is 5.92. The third-order valence-electron chi connectivity index (χ3n) is 4.55. The fourth-order valence-corrected chi connectivity index (χ4v) is 3.37. The Morgan fingerprint density at radius 3 is 2.74 bits per heavy atom. The maximum atomic E-state index is 12.3. The number of nitriles is 1. The fraction of sp³-hybridized carbons (Fsp3) is 0.867. The number of hydrogen-bond donors (Lipinski definition) is 1. The lowest BCUT2D eigenvalue weighted by atomic mass is 9.86. The smallest absolute Gasteiger partial charge is 0.240 e. The van der Waals surface area contributed by atoms with E-state index in [1.165, 1.54) is 0 Å². The monoisotopic (exact) mass is 264 g/mol. The Hall–Kier alpha value is -1.08. The summed E-state index contributed by atoms with van der Waals surface area (Å²) in [5.41, 5.74) is -0.757. The molecule has 4 nitrogen and oxygen atoms in total. The molecule has 2 atom stereocenters. The second-order valence-electron chi connectivity index (χ2n) is 6.24. The van der Waals surface area contributed by atoms with Gasteiger partial charge in [0.25, 0.3) is 0 Å². The average Bonchev–Trinajstić information content (AvgIpc) is 3.05. The summed E-state index contributed by atoms with van der Waals surface area (Å²) >= 11 is 0. The zero-order valence-electron chi connectivity index (χ0n) is 11.9. The highest BCUT2D eigenvalue weighted by atomic mass is 16.5. The highest BCUT2D eigenvalue weighted by Crippen LogP contribution is 2.37. The summed E-state index contributed by atoms with van der Waals surface area (Å²) in [5.74, 6) is 0.795. The van der Waals surface area contributed by atoms with E-state index in [0.29, 0.717) is 31.2 Å². The first kappa shape index (κ1) is 14.3. The molecule has 2 aliphatic rings. The van der Waals surface area contributed by atoms with Gasteiger partial charge < -0.3 is 10.1 Å². The Morgan fingerprint density at radius 1 is 1.47 bits per heavy atom. The number of nitrogens with zero attached hydrogens (tertiary/aromatic N) is 1. The van der Waals surface area contributed by atoms with Crippen molar-refractivity contribution in [3.05, 3.63) is 0 Å². The first-order chi connectivity index (χ1) is 9.09. The molecule has 0 radical (unpaired) electrons. The summed E-state index contributed by atoms with van der Waals surface area (Å²) in [7, 11) is 0. The lowest BCUT2D eigenvalue weighted by molar-refractivity contribution is -0.128. The van der Waals surface area contributed by atoms with Gasteiger partial charge in [-0.05, 0) is 25.2 Å². The van der Waals surface area contributed by atoms with E-state index in [4.69, 9.17) is 4.74 Å². The number of amides is 1. The van der Waals surface area contributed by atoms with Gasteiger partial charge in [-0.25, -0.2) is 0 Å². The maximum Gasteiger partial charge on any atom is 0.240 e. The van der Waals surface area contributed by atoms with Crippen LogP contribution in [0.3, 0.4) is 0 Å². The fourth-order valence-electron chi connectivity index (χ4n) is 3.37. The van der Waals surface area contributed by atoms with Crippen LogP contribution in [0.1, 0.15) is 46.0 Å². The van der Waals surface area contributed by atoms with Gasteiger partial charge in [-0.2, -0.15) is 5.26 Å². The van der Waals surface area contributed by atoms with Gasteiger partial charge in [0.05, 0.1) is 12.2 Å². The van der Waals surface area contributed by atoms with Crippen LogP contribution < -0.4 is 5.32 Å². The van der Waals surface area contributed by atoms with Crippen LogP contribution >= 0.6 is 0 Å². The van der Waals surface area contributed by atoms with Gasteiger partial charge in [-0.15, -0.1) is 0 Å². The summed E-state index contributed by atoms with van der Waals surface area (Å²) in [5, 5.41) is 12.3. The first-order valence-electron chi connectivity index (χ1n) is 7.40. The zero-order valence-corrected chi connectivity index (χ0v) is 11.9. The van der Waals surface area contributed by atoms with Crippen molar-refractivity contribution >= 4 is 5.91 Å². The Balaban J connectivity index is 1.88. The normalized spacial score (nSPS) is 29.4. The molecule has 1 aliphatic heterocycles. The second-order valence-corrected chi connectivity index (χ2v) is 6.24. The number of ether oxygens (including phenoxy) is 1. The molecule has 1 saturated carbocycles. The minimum absolute atomic E-state index is 0.0677. The van der Waals surface area contributed by atoms with E-state index in [1.807, 2.05) is 0 Å². The molecule has 0 unspecified atom stereocenters. The lowest BCUT2D eigenvalue weighted by Gasteiger charge is -2.24. The van der Waals surface area contributed by atoms with Crippen molar-refractivity contribution in [2.75, 3.05) is 13.2 Å². The number of rotatable bonds is 4. The van der Waals surface area contributed by atoms with Crippen molar-refractivity contribution in [1.29, 1.82) is 5.26 Å². The van der Waals surface area contributed by atoms with Gasteiger partial charge in [0.2, 0.25) is 5.91 Å². The SMILES string of the molecule is CC(C)[C@H]1OCC[C@@H]1CNC(=O)C1(C#N)CCCC1. The predicted molar refractivity (Wildman–Crippen MR) is 72.2 cm³/mol. The third-order valence-corrected chi connectivity index (χ3v) is 4.55. The quantitative estimate of drug-likeness (QED) is 0.847. The van der Waals surface area contributed by atoms with Crippen LogP contribution in [0.2, 0.25) is 0 Å². The molecule has 0 aromatic heterocycles. The van der Waals surface area contributed by atoms with Crippen molar-refractivity contribution in [3.63, 3.8) is 0 Å². The van der Waals surface area contributed by atoms with Crippen molar-refractivity contribution in [3.8, 4) is 6.07 Å². The van der Waals surface area contributed by atoms with Crippen LogP contribution in [-0.4, -0.2) is 25.2 Å². The average molecular weight is 264 g/mol. The topological polar surface area (TPSA) is 62.1 Å². The molecule has 106 valence electrons. The van der Waals surface area contributed by atoms with Crippen LogP contribution in [0.5, 0.6) is 0 Å². The van der Waals surface area contributed by atoms with Gasteiger partial charge in [0.1, 0.15) is 5.41 Å². The van der Waals surface area contributed by atoms with E-state index in [2.05, 4.69) is 25.2 Å². The predicted octanol–water partition coefficient (Wildman–Crippen LogP) is 2.25. The molecular formula is C15H24N2O2. The summed E-state index contributed by atoms with van der Waals surface area (Å²) in [6.07, 6.45) is 4.64. The van der Waals surface area contributed by atoms with Crippen molar-refractivity contribution in [2.45, 2.75) is 52.1 Å². The Morgan fingerprint density at radius 2 is 2.16 bits per heavy atom. The van der Waals surface area contributed by atoms with Crippen molar-refractivity contribution in [2.24, 2.45) is 17.3 Å². The highest BCUT2D eigenvalue weighted by molar-refractivity contribution is 5.85. The van der Waals surface area contributed by atoms with Gasteiger partial charge in [0.15, 0.2) is 0 Å². The lowest BCUT2D eigenvalue weighted by Crippen LogP contribution is -2.42. The molecule has 4 heteroatoms. The summed E-state index contributed by atoms with van der Waals surface area (Å²) in [4.78, 5) is 12.3. The van der Waals surface area contributed by atoms with E-state index in [-0.39, 0.29) is 12.0 Å². The van der Waals surface area contributed by atoms with Crippen molar-refractivity contribution < 1.29 is 9.53 Å². The molecule has 0 bridgehead atoms. The minimum Gasteiger partial charge on any atom is -0.378 e. The van der Waals surface area contributed by atoms with Crippen LogP contribution in [0.15, 0.2) is 0 Å². The molecule has 1 amide bonds. The van der Waals surface area contributed by atoms with Gasteiger partial charge in [-0.1, -0.05) is 26.7 Å². The van der Waals surface area contributed by atoms with Crippen LogP contribution in [0.4, 0.5) is 0 Å². The number of carbonyl (C=O) groups excluding carboxylic acids is 1. The molecular weight excluding hydrogens is 240 g/mol. The zero-order chi connectivity index (χ0) is 13.9. The van der Waals surface area contributed by atoms with Gasteiger partial charge >= 0.3 is 0 Å². The molecule has 2 fully saturated rings. The van der Waals surface area contributed by atoms with Crippen molar-refractivity contribution in [1.82, 2.24) is 5.32 Å². The van der Waals surface area contributed by atoms with Crippen LogP contribution in [0, 0.1) is 28.6 Å². The number of nitrogens with one attached hydrogen (secondary N) is 1. The molecule has 1 heterocycles. The molecule has 19 heavy (non-hydrogen) atoms. The summed E-state index contributed by atoms with van der Waals surface area (Å²) in [6.45, 7) is 5.73. The van der Waals surface area contributed by atoms with Crippen LogP contribution in [-0.2, 0) is 9.53 Å². The standard InChI is InChI=1S/C15H24N2O2/c1-11(2)13-12(5-8-19-13)9-17-14(18)15(10-16)6-3-4-7-15/h11-13H,3-9H2,1-2H3,(H,17,18)/t12-,13-/m1/s1. The van der Waals surface area contributed by atoms with Gasteiger partial charge in [0, 0.05) is 19.1 Å². The summed E-state index contributed by atoms with van der Waals surface area (Å²) in [6, 6.07) is 2.24. The van der Waals surface area contributed by atoms with Gasteiger partial charge in [-0.3, -0.25) is 4.79 Å². The van der Waals surface area contributed by atoms with E-state index >= 15 is 0 Å². The number of hydrogen-bond acceptors (Lipinski definition) is 3. The minimum atomic E-state index is -0.757. The van der Waals surface area contributed by atoms with Crippen LogP contribution in [0.25, 0.3) is 0 Å². The Bertz CT molecular complexity index is 367. The Kier molecular flexibility index (Phi) is 4.46. The molecule has 1 N–H and O–H groups in total. The molecule has 0 aromatic rings. The Labute approximate surface area is 115 Å². The third kappa shape index (κ3) is 2.92. The first-order valence-corrected chi connectivity index (χ1v) is 7.40. The largest absolute Gasteiger partial charge is 0.378 e. The number of carbonyl (C=O) groups is 1. The molecule has 2 rings (SSSR count). The van der Waals surface area contributed by atoms with E-state index in [9.17, 15) is 10.1 Å². The van der Waals surface area contributed by atoms with E-state index in [1.54, 1.807) is 0 Å². The van der Waals surface area contributed by atoms with E-state index in [0.717, 1.165) is 25.9 Å². The molecule has 1 aliphatic carbocycles. The maximum absolute atomic E-state index is 12.3. The molecule has 0 aromatic carbocycles.